The van der Waals surface area contributed by atoms with Gasteiger partial charge in [0.1, 0.15) is 18.3 Å². The van der Waals surface area contributed by atoms with Crippen molar-refractivity contribution in [2.75, 3.05) is 13.2 Å². The molecule has 0 aliphatic carbocycles. The van der Waals surface area contributed by atoms with Crippen LogP contribution in [0.1, 0.15) is 13.8 Å². The molecule has 0 aromatic carbocycles. The van der Waals surface area contributed by atoms with Gasteiger partial charge in [-0.15, -0.1) is 12.8 Å². The summed E-state index contributed by atoms with van der Waals surface area (Å²) >= 11 is 11.2. The van der Waals surface area contributed by atoms with E-state index in [1.54, 1.807) is 13.8 Å². The van der Waals surface area contributed by atoms with Crippen molar-refractivity contribution in [3.63, 3.8) is 0 Å². The molecular formula is C11H15Cl2O3P. The summed E-state index contributed by atoms with van der Waals surface area (Å²) in [5.74, 6) is 4.88. The van der Waals surface area contributed by atoms with Gasteiger partial charge in [-0.2, -0.15) is 0 Å². The van der Waals surface area contributed by atoms with Gasteiger partial charge in [0.05, 0.1) is 13.2 Å². The fraction of sp³-hybridized carbons (Fsp3) is 0.636. The molecule has 0 radical (unpaired) electrons. The van der Waals surface area contributed by atoms with E-state index >= 15 is 0 Å². The van der Waals surface area contributed by atoms with Gasteiger partial charge in [0.25, 0.3) is 0 Å². The van der Waals surface area contributed by atoms with E-state index in [0.29, 0.717) is 0 Å². The number of ether oxygens (including phenoxy) is 2. The zero-order valence-electron chi connectivity index (χ0n) is 9.73. The summed E-state index contributed by atoms with van der Waals surface area (Å²) in [7, 11) is 0. The maximum absolute atomic E-state index is 5.59. The molecule has 0 amide bonds. The van der Waals surface area contributed by atoms with Crippen LogP contribution in [-0.2, 0) is 14.0 Å². The van der Waals surface area contributed by atoms with Crippen molar-refractivity contribution in [2.45, 2.75) is 32.2 Å². The molecule has 2 unspecified atom stereocenters. The van der Waals surface area contributed by atoms with Crippen LogP contribution in [0.4, 0.5) is 0 Å². The molecule has 0 saturated carbocycles. The van der Waals surface area contributed by atoms with Crippen molar-refractivity contribution in [1.82, 2.24) is 0 Å². The van der Waals surface area contributed by atoms with Gasteiger partial charge in [0.2, 0.25) is 6.85 Å². The van der Waals surface area contributed by atoms with E-state index in [4.69, 9.17) is 49.3 Å². The lowest BCUT2D eigenvalue weighted by Crippen LogP contribution is -2.27. The summed E-state index contributed by atoms with van der Waals surface area (Å²) < 4.78 is 15.9. The van der Waals surface area contributed by atoms with Gasteiger partial charge in [-0.3, -0.25) is 0 Å². The number of halogens is 2. The van der Waals surface area contributed by atoms with Crippen molar-refractivity contribution < 1.29 is 14.0 Å². The van der Waals surface area contributed by atoms with Crippen LogP contribution >= 0.6 is 29.3 Å². The van der Waals surface area contributed by atoms with E-state index in [-0.39, 0.29) is 31.5 Å². The summed E-state index contributed by atoms with van der Waals surface area (Å²) in [6.07, 6.45) is 9.37. The zero-order valence-corrected chi connectivity index (χ0v) is 12.1. The standard InChI is InChI=1S/C11H15Cl2O3P/c1-5-9(3)14-7-11(16-17(12)13)8-15-10(4)6-2/h1-2,9-11H,7-8H2,3-4H3. The Kier molecular flexibility index (Phi) is 9.99. The van der Waals surface area contributed by atoms with Crippen LogP contribution in [0.15, 0.2) is 0 Å². The average molecular weight is 297 g/mol. The molecular weight excluding hydrogens is 282 g/mol. The molecule has 2 atom stereocenters. The molecule has 0 bridgehead atoms. The normalized spacial score (nSPS) is 15.9. The highest BCUT2D eigenvalue weighted by Gasteiger charge is 2.16. The molecule has 0 aromatic heterocycles. The van der Waals surface area contributed by atoms with Crippen molar-refractivity contribution >= 4 is 29.3 Å². The van der Waals surface area contributed by atoms with Crippen molar-refractivity contribution in [3.8, 4) is 24.7 Å². The summed E-state index contributed by atoms with van der Waals surface area (Å²) in [6, 6.07) is 0. The van der Waals surface area contributed by atoms with Gasteiger partial charge >= 0.3 is 0 Å². The minimum absolute atomic E-state index is 0.251. The minimum atomic E-state index is -1.53. The van der Waals surface area contributed by atoms with Gasteiger partial charge in [-0.25, -0.2) is 0 Å². The second-order valence-electron chi connectivity index (χ2n) is 3.21. The third-order valence-electron chi connectivity index (χ3n) is 1.76. The molecule has 0 rings (SSSR count). The van der Waals surface area contributed by atoms with Gasteiger partial charge in [0.15, 0.2) is 0 Å². The monoisotopic (exact) mass is 296 g/mol. The largest absolute Gasteiger partial charge is 0.363 e. The average Bonchev–Trinajstić information content (AvgIpc) is 2.30. The Bertz CT molecular complexity index is 261. The van der Waals surface area contributed by atoms with E-state index in [1.807, 2.05) is 0 Å². The number of rotatable bonds is 8. The number of hydrogen-bond donors (Lipinski definition) is 0. The maximum Gasteiger partial charge on any atom is 0.225 e. The summed E-state index contributed by atoms with van der Waals surface area (Å²) in [5.41, 5.74) is 0. The molecule has 0 aliphatic rings. The van der Waals surface area contributed by atoms with E-state index in [1.165, 1.54) is 0 Å². The Hall–Kier alpha value is 0.01000. The second-order valence-corrected chi connectivity index (χ2v) is 6.19. The molecule has 17 heavy (non-hydrogen) atoms. The second kappa shape index (κ2) is 9.98. The molecule has 0 spiro atoms. The van der Waals surface area contributed by atoms with Gasteiger partial charge in [0, 0.05) is 0 Å². The van der Waals surface area contributed by atoms with Gasteiger partial charge in [-0.1, -0.05) is 11.8 Å². The first-order chi connectivity index (χ1) is 7.99. The first kappa shape index (κ1) is 17.0. The van der Waals surface area contributed by atoms with Crippen LogP contribution in [0, 0.1) is 24.7 Å². The summed E-state index contributed by atoms with van der Waals surface area (Å²) in [6.45, 7) is 2.49. The maximum atomic E-state index is 5.59. The molecule has 96 valence electrons. The highest BCUT2D eigenvalue weighted by atomic mass is 35.9. The third-order valence-corrected chi connectivity index (χ3v) is 2.70. The van der Waals surface area contributed by atoms with E-state index in [0.717, 1.165) is 0 Å². The highest BCUT2D eigenvalue weighted by Crippen LogP contribution is 2.48. The van der Waals surface area contributed by atoms with E-state index in [2.05, 4.69) is 11.8 Å². The van der Waals surface area contributed by atoms with Crippen LogP contribution in [-0.4, -0.2) is 31.5 Å². The number of hydrogen-bond acceptors (Lipinski definition) is 3. The lowest BCUT2D eigenvalue weighted by Gasteiger charge is -2.20. The molecule has 0 heterocycles. The first-order valence-electron chi connectivity index (χ1n) is 4.93. The Morgan fingerprint density at radius 1 is 1.06 bits per heavy atom. The third kappa shape index (κ3) is 9.69. The molecule has 0 N–H and O–H groups in total. The molecule has 6 heteroatoms. The Labute approximate surface area is 114 Å². The van der Waals surface area contributed by atoms with Gasteiger partial charge in [-0.05, 0) is 36.3 Å². The smallest absolute Gasteiger partial charge is 0.225 e. The quantitative estimate of drug-likeness (QED) is 0.509. The van der Waals surface area contributed by atoms with Crippen molar-refractivity contribution in [1.29, 1.82) is 0 Å². The van der Waals surface area contributed by atoms with Crippen LogP contribution < -0.4 is 0 Å². The van der Waals surface area contributed by atoms with E-state index in [9.17, 15) is 0 Å². The molecule has 0 fully saturated rings. The predicted molar refractivity (Wildman–Crippen MR) is 72.0 cm³/mol. The predicted octanol–water partition coefficient (Wildman–Crippen LogP) is 3.15. The van der Waals surface area contributed by atoms with Gasteiger partial charge < -0.3 is 14.0 Å². The van der Waals surface area contributed by atoms with Crippen molar-refractivity contribution in [2.24, 2.45) is 0 Å². The lowest BCUT2D eigenvalue weighted by atomic mass is 10.3. The SMILES string of the molecule is C#CC(C)OCC(COC(C)C#C)OP(Cl)Cl. The minimum Gasteiger partial charge on any atom is -0.363 e. The molecule has 3 nitrogen and oxygen atoms in total. The van der Waals surface area contributed by atoms with Crippen LogP contribution in [0.25, 0.3) is 0 Å². The molecule has 0 saturated heterocycles. The fourth-order valence-corrected chi connectivity index (χ4v) is 1.84. The fourth-order valence-electron chi connectivity index (χ4n) is 0.821. The summed E-state index contributed by atoms with van der Waals surface area (Å²) in [4.78, 5) is 0. The van der Waals surface area contributed by atoms with Crippen molar-refractivity contribution in [3.05, 3.63) is 0 Å². The Morgan fingerprint density at radius 2 is 1.47 bits per heavy atom. The Balaban J connectivity index is 4.06. The lowest BCUT2D eigenvalue weighted by molar-refractivity contribution is -0.0185. The zero-order chi connectivity index (χ0) is 13.3. The number of terminal acetylenes is 2. The molecule has 0 aliphatic heterocycles. The van der Waals surface area contributed by atoms with Crippen LogP contribution in [0.5, 0.6) is 0 Å². The van der Waals surface area contributed by atoms with Crippen LogP contribution in [0.3, 0.4) is 0 Å². The topological polar surface area (TPSA) is 27.7 Å². The summed E-state index contributed by atoms with van der Waals surface area (Å²) in [5, 5.41) is 0. The van der Waals surface area contributed by atoms with Crippen LogP contribution in [0.2, 0.25) is 0 Å². The first-order valence-corrected chi connectivity index (χ1v) is 8.00. The van der Waals surface area contributed by atoms with E-state index < -0.39 is 6.85 Å². The highest BCUT2D eigenvalue weighted by molar-refractivity contribution is 8.00. The molecule has 0 aromatic rings. The Morgan fingerprint density at radius 3 is 1.76 bits per heavy atom.